The first-order chi connectivity index (χ1) is 9.68. The fraction of sp³-hybridized carbons (Fsp3) is 0.571. The van der Waals surface area contributed by atoms with Crippen LogP contribution in [0.2, 0.25) is 5.02 Å². The molecule has 1 aliphatic carbocycles. The molecule has 1 aromatic carbocycles. The Morgan fingerprint density at radius 3 is 2.29 bits per heavy atom. The molecular formula is C14H16ClF2NO2S. The van der Waals surface area contributed by atoms with Crippen molar-refractivity contribution in [3.63, 3.8) is 0 Å². The van der Waals surface area contributed by atoms with Crippen molar-refractivity contribution in [1.82, 2.24) is 4.31 Å². The van der Waals surface area contributed by atoms with E-state index in [9.17, 15) is 17.2 Å². The average molecular weight is 336 g/mol. The van der Waals surface area contributed by atoms with E-state index >= 15 is 0 Å². The van der Waals surface area contributed by atoms with Gasteiger partial charge in [0.25, 0.3) is 5.92 Å². The molecular weight excluding hydrogens is 320 g/mol. The fourth-order valence-electron chi connectivity index (χ4n) is 2.96. The van der Waals surface area contributed by atoms with Gasteiger partial charge in [0.2, 0.25) is 10.0 Å². The second-order valence-electron chi connectivity index (χ2n) is 5.98. The molecule has 3 rings (SSSR count). The Morgan fingerprint density at radius 1 is 1.24 bits per heavy atom. The minimum atomic E-state index is -3.66. The normalized spacial score (nSPS) is 24.2. The minimum absolute atomic E-state index is 0.107. The molecule has 116 valence electrons. The summed E-state index contributed by atoms with van der Waals surface area (Å²) in [6.45, 7) is 2.07. The maximum atomic E-state index is 13.3. The summed E-state index contributed by atoms with van der Waals surface area (Å²) in [4.78, 5) is 0.122. The number of halogens is 3. The van der Waals surface area contributed by atoms with Crippen molar-refractivity contribution in [1.29, 1.82) is 0 Å². The van der Waals surface area contributed by atoms with E-state index in [0.717, 1.165) is 5.56 Å². The van der Waals surface area contributed by atoms with Crippen LogP contribution in [0.5, 0.6) is 0 Å². The summed E-state index contributed by atoms with van der Waals surface area (Å²) in [5.41, 5.74) is -0.157. The molecule has 0 atom stereocenters. The van der Waals surface area contributed by atoms with Crippen LogP contribution >= 0.6 is 11.6 Å². The lowest BCUT2D eigenvalue weighted by molar-refractivity contribution is 0.0426. The zero-order chi connectivity index (χ0) is 15.5. The second-order valence-corrected chi connectivity index (χ2v) is 8.32. The van der Waals surface area contributed by atoms with Gasteiger partial charge in [0.15, 0.2) is 0 Å². The Kier molecular flexibility index (Phi) is 3.35. The van der Waals surface area contributed by atoms with Gasteiger partial charge in [-0.15, -0.1) is 0 Å². The topological polar surface area (TPSA) is 37.4 Å². The SMILES string of the molecule is Cc1ccc(S(=O)(=O)N2CCC3(CC2)CC3(F)F)cc1Cl. The molecule has 3 nitrogen and oxygen atoms in total. The molecule has 0 aromatic heterocycles. The highest BCUT2D eigenvalue weighted by molar-refractivity contribution is 7.89. The molecule has 2 aliphatic rings. The number of sulfonamides is 1. The van der Waals surface area contributed by atoms with Gasteiger partial charge in [-0.3, -0.25) is 0 Å². The van der Waals surface area contributed by atoms with E-state index in [0.29, 0.717) is 5.02 Å². The second kappa shape index (κ2) is 4.64. The van der Waals surface area contributed by atoms with Crippen molar-refractivity contribution in [3.05, 3.63) is 28.8 Å². The summed E-state index contributed by atoms with van der Waals surface area (Å²) in [7, 11) is -3.66. The van der Waals surface area contributed by atoms with Crippen LogP contribution in [0.1, 0.15) is 24.8 Å². The predicted molar refractivity (Wildman–Crippen MR) is 76.2 cm³/mol. The van der Waals surface area contributed by atoms with Gasteiger partial charge in [-0.05, 0) is 37.5 Å². The molecule has 0 amide bonds. The van der Waals surface area contributed by atoms with Crippen molar-refractivity contribution in [2.45, 2.75) is 37.0 Å². The monoisotopic (exact) mass is 335 g/mol. The lowest BCUT2D eigenvalue weighted by Gasteiger charge is -2.31. The van der Waals surface area contributed by atoms with Gasteiger partial charge in [-0.25, -0.2) is 17.2 Å². The minimum Gasteiger partial charge on any atom is -0.207 e. The zero-order valence-corrected chi connectivity index (χ0v) is 13.1. The predicted octanol–water partition coefficient (Wildman–Crippen LogP) is 3.46. The van der Waals surface area contributed by atoms with Gasteiger partial charge in [-0.1, -0.05) is 17.7 Å². The van der Waals surface area contributed by atoms with E-state index < -0.39 is 21.4 Å². The maximum absolute atomic E-state index is 13.3. The number of aryl methyl sites for hydroxylation is 1. The first-order valence-electron chi connectivity index (χ1n) is 6.82. The number of nitrogens with zero attached hydrogens (tertiary/aromatic N) is 1. The van der Waals surface area contributed by atoms with Crippen LogP contribution < -0.4 is 0 Å². The van der Waals surface area contributed by atoms with Gasteiger partial charge in [0, 0.05) is 29.9 Å². The van der Waals surface area contributed by atoms with E-state index in [1.807, 2.05) is 0 Å². The first kappa shape index (κ1) is 15.2. The number of alkyl halides is 2. The maximum Gasteiger partial charge on any atom is 0.254 e. The lowest BCUT2D eigenvalue weighted by atomic mass is 9.94. The molecule has 1 saturated heterocycles. The highest BCUT2D eigenvalue weighted by Crippen LogP contribution is 2.66. The number of rotatable bonds is 2. The highest BCUT2D eigenvalue weighted by Gasteiger charge is 2.70. The van der Waals surface area contributed by atoms with E-state index in [1.54, 1.807) is 13.0 Å². The van der Waals surface area contributed by atoms with Crippen molar-refractivity contribution in [3.8, 4) is 0 Å². The van der Waals surface area contributed by atoms with Crippen LogP contribution in [-0.4, -0.2) is 31.7 Å². The molecule has 21 heavy (non-hydrogen) atoms. The summed E-state index contributed by atoms with van der Waals surface area (Å²) in [5, 5.41) is 0.387. The Balaban J connectivity index is 1.79. The molecule has 1 heterocycles. The van der Waals surface area contributed by atoms with Crippen LogP contribution in [0.15, 0.2) is 23.1 Å². The summed E-state index contributed by atoms with van der Waals surface area (Å²) >= 11 is 5.97. The smallest absolute Gasteiger partial charge is 0.207 e. The Morgan fingerprint density at radius 2 is 1.81 bits per heavy atom. The molecule has 0 N–H and O–H groups in total. The van der Waals surface area contributed by atoms with Gasteiger partial charge in [-0.2, -0.15) is 4.31 Å². The lowest BCUT2D eigenvalue weighted by Crippen LogP contribution is -2.40. The molecule has 0 radical (unpaired) electrons. The van der Waals surface area contributed by atoms with E-state index in [1.165, 1.54) is 16.4 Å². The molecule has 1 aromatic rings. The van der Waals surface area contributed by atoms with Crippen LogP contribution in [0.3, 0.4) is 0 Å². The largest absolute Gasteiger partial charge is 0.254 e. The molecule has 0 unspecified atom stereocenters. The number of piperidine rings is 1. The van der Waals surface area contributed by atoms with Crippen LogP contribution in [-0.2, 0) is 10.0 Å². The van der Waals surface area contributed by atoms with E-state index in [-0.39, 0.29) is 37.2 Å². The zero-order valence-electron chi connectivity index (χ0n) is 11.6. The fourth-order valence-corrected chi connectivity index (χ4v) is 4.67. The summed E-state index contributed by atoms with van der Waals surface area (Å²) in [6, 6.07) is 4.57. The van der Waals surface area contributed by atoms with E-state index in [2.05, 4.69) is 0 Å². The number of benzene rings is 1. The van der Waals surface area contributed by atoms with Crippen molar-refractivity contribution in [2.24, 2.45) is 5.41 Å². The molecule has 0 bridgehead atoms. The third-order valence-electron chi connectivity index (χ3n) is 4.67. The van der Waals surface area contributed by atoms with Crippen molar-refractivity contribution in [2.75, 3.05) is 13.1 Å². The summed E-state index contributed by atoms with van der Waals surface area (Å²) in [5.74, 6) is -2.62. The summed E-state index contributed by atoms with van der Waals surface area (Å²) in [6.07, 6.45) is 0.335. The Labute approximate surface area is 127 Å². The van der Waals surface area contributed by atoms with Crippen LogP contribution in [0.25, 0.3) is 0 Å². The molecule has 1 aliphatic heterocycles. The standard InChI is InChI=1S/C14H16ClF2NO2S/c1-10-2-3-11(8-12(10)15)21(19,20)18-6-4-13(5-7-18)9-14(13,16)17/h2-3,8H,4-7,9H2,1H3. The summed E-state index contributed by atoms with van der Waals surface area (Å²) < 4.78 is 53.0. The Bertz CT molecular complexity index is 682. The van der Waals surface area contributed by atoms with Crippen molar-refractivity contribution < 1.29 is 17.2 Å². The highest BCUT2D eigenvalue weighted by atomic mass is 35.5. The quantitative estimate of drug-likeness (QED) is 0.830. The average Bonchev–Trinajstić information content (AvgIpc) is 2.93. The van der Waals surface area contributed by atoms with Gasteiger partial charge < -0.3 is 0 Å². The van der Waals surface area contributed by atoms with E-state index in [4.69, 9.17) is 11.6 Å². The molecule has 1 spiro atoms. The van der Waals surface area contributed by atoms with Gasteiger partial charge in [0.1, 0.15) is 0 Å². The molecule has 7 heteroatoms. The molecule has 1 saturated carbocycles. The molecule has 2 fully saturated rings. The number of hydrogen-bond acceptors (Lipinski definition) is 2. The van der Waals surface area contributed by atoms with Crippen LogP contribution in [0, 0.1) is 12.3 Å². The van der Waals surface area contributed by atoms with Crippen molar-refractivity contribution >= 4 is 21.6 Å². The van der Waals surface area contributed by atoms with Crippen LogP contribution in [0.4, 0.5) is 8.78 Å². The number of hydrogen-bond donors (Lipinski definition) is 0. The third-order valence-corrected chi connectivity index (χ3v) is 6.97. The Hall–Kier alpha value is -0.720. The third kappa shape index (κ3) is 2.37. The van der Waals surface area contributed by atoms with Gasteiger partial charge >= 0.3 is 0 Å². The van der Waals surface area contributed by atoms with Gasteiger partial charge in [0.05, 0.1) is 4.90 Å². The first-order valence-corrected chi connectivity index (χ1v) is 8.64.